The van der Waals surface area contributed by atoms with Crippen LogP contribution in [0.4, 0.5) is 0 Å². The zero-order valence-electron chi connectivity index (χ0n) is 5.93. The molecule has 0 N–H and O–H groups in total. The van der Waals surface area contributed by atoms with E-state index in [9.17, 15) is 0 Å². The van der Waals surface area contributed by atoms with Crippen LogP contribution >= 0.6 is 11.8 Å². The van der Waals surface area contributed by atoms with Gasteiger partial charge in [-0.1, -0.05) is 0 Å². The van der Waals surface area contributed by atoms with Crippen LogP contribution in [0.25, 0.3) is 0 Å². The minimum absolute atomic E-state index is 0.100. The Morgan fingerprint density at radius 2 is 1.88 bits per heavy atom. The second kappa shape index (κ2) is 3.13. The second-order valence-corrected chi connectivity index (χ2v) is 3.32. The van der Waals surface area contributed by atoms with Crippen molar-refractivity contribution in [2.45, 2.75) is 26.3 Å². The first-order chi connectivity index (χ1) is 3.56. The summed E-state index contributed by atoms with van der Waals surface area (Å²) >= 11 is 1.64. The molecule has 0 amide bonds. The molecule has 0 aliphatic heterocycles. The molecule has 0 aromatic heterocycles. The summed E-state index contributed by atoms with van der Waals surface area (Å²) in [6.45, 7) is 6.25. The first-order valence-electron chi connectivity index (χ1n) is 2.63. The molecule has 1 nitrogen and oxygen atoms in total. The fourth-order valence-electron chi connectivity index (χ4n) is 0.211. The first-order valence-corrected chi connectivity index (χ1v) is 3.91. The zero-order valence-corrected chi connectivity index (χ0v) is 6.75. The molecule has 0 rings (SSSR count). The Hall–Kier alpha value is 0.0200. The first kappa shape index (κ1) is 8.02. The highest BCUT2D eigenvalue weighted by Crippen LogP contribution is 2.05. The van der Waals surface area contributed by atoms with Gasteiger partial charge in [0.05, 0.1) is 11.1 Å². The van der Waals surface area contributed by atoms with Crippen molar-refractivity contribution in [2.24, 2.45) is 4.99 Å². The lowest BCUT2D eigenvalue weighted by molar-refractivity contribution is 0.588. The van der Waals surface area contributed by atoms with Crippen molar-refractivity contribution in [3.05, 3.63) is 0 Å². The quantitative estimate of drug-likeness (QED) is 0.392. The Kier molecular flexibility index (Phi) is 3.13. The largest absolute Gasteiger partial charge is 0.281 e. The van der Waals surface area contributed by atoms with Crippen molar-refractivity contribution in [3.8, 4) is 0 Å². The average molecular weight is 131 g/mol. The minimum Gasteiger partial charge on any atom is -0.281 e. The van der Waals surface area contributed by atoms with Crippen LogP contribution < -0.4 is 0 Å². The van der Waals surface area contributed by atoms with Crippen LogP contribution in [0.1, 0.15) is 20.8 Å². The van der Waals surface area contributed by atoms with Crippen LogP contribution in [0.2, 0.25) is 0 Å². The highest BCUT2D eigenvalue weighted by Gasteiger charge is 2.03. The number of thioether (sulfide) groups is 1. The Morgan fingerprint density at radius 3 is 2.00 bits per heavy atom. The fourth-order valence-corrected chi connectivity index (χ4v) is 0.632. The van der Waals surface area contributed by atoms with Crippen molar-refractivity contribution in [1.29, 1.82) is 0 Å². The topological polar surface area (TPSA) is 12.4 Å². The summed E-state index contributed by atoms with van der Waals surface area (Å²) in [6, 6.07) is 0. The molecule has 0 heterocycles. The molecule has 48 valence electrons. The molecule has 0 aromatic carbocycles. The van der Waals surface area contributed by atoms with E-state index >= 15 is 0 Å². The molecule has 8 heavy (non-hydrogen) atoms. The Labute approximate surface area is 55.6 Å². The van der Waals surface area contributed by atoms with Gasteiger partial charge in [0.15, 0.2) is 0 Å². The van der Waals surface area contributed by atoms with Gasteiger partial charge in [0.25, 0.3) is 0 Å². The van der Waals surface area contributed by atoms with Crippen LogP contribution in [0, 0.1) is 0 Å². The zero-order chi connectivity index (χ0) is 6.62. The Bertz CT molecular complexity index is 81.0. The van der Waals surface area contributed by atoms with Gasteiger partial charge in [-0.15, -0.1) is 11.8 Å². The van der Waals surface area contributed by atoms with E-state index < -0.39 is 0 Å². The monoisotopic (exact) mass is 131 g/mol. The van der Waals surface area contributed by atoms with Gasteiger partial charge in [-0.25, -0.2) is 0 Å². The van der Waals surface area contributed by atoms with Crippen LogP contribution in [0.3, 0.4) is 0 Å². The highest BCUT2D eigenvalue weighted by atomic mass is 32.2. The summed E-state index contributed by atoms with van der Waals surface area (Å²) in [5.74, 6) is 0. The third-order valence-corrected chi connectivity index (χ3v) is 0.862. The second-order valence-electron chi connectivity index (χ2n) is 2.64. The number of nitrogens with zero attached hydrogens (tertiary/aromatic N) is 1. The Morgan fingerprint density at radius 1 is 1.38 bits per heavy atom. The van der Waals surface area contributed by atoms with Gasteiger partial charge in [-0.3, -0.25) is 4.99 Å². The molecule has 0 radical (unpaired) electrons. The van der Waals surface area contributed by atoms with Crippen molar-refractivity contribution in [2.75, 3.05) is 6.26 Å². The third kappa shape index (κ3) is 6.02. The van der Waals surface area contributed by atoms with Gasteiger partial charge in [-0.05, 0) is 27.0 Å². The Balaban J connectivity index is 3.52. The van der Waals surface area contributed by atoms with Gasteiger partial charge < -0.3 is 0 Å². The predicted molar refractivity (Wildman–Crippen MR) is 41.8 cm³/mol. The normalized spacial score (nSPS) is 13.0. The molecule has 2 heteroatoms. The van der Waals surface area contributed by atoms with Crippen molar-refractivity contribution >= 4 is 17.3 Å². The summed E-state index contributed by atoms with van der Waals surface area (Å²) in [4.78, 5) is 4.21. The standard InChI is InChI=1S/C6H13NS/c1-6(2,3)7-5-8-4/h5H,1-4H3. The molecule has 0 saturated heterocycles. The number of aliphatic imine (C=N–C) groups is 1. The van der Waals surface area contributed by atoms with E-state index in [0.717, 1.165) is 0 Å². The van der Waals surface area contributed by atoms with Crippen LogP contribution in [-0.2, 0) is 0 Å². The van der Waals surface area contributed by atoms with Gasteiger partial charge in [0.1, 0.15) is 0 Å². The molecule has 0 aromatic rings. The van der Waals surface area contributed by atoms with Crippen molar-refractivity contribution in [1.82, 2.24) is 0 Å². The third-order valence-electron chi connectivity index (χ3n) is 0.545. The van der Waals surface area contributed by atoms with E-state index in [1.807, 2.05) is 11.8 Å². The minimum atomic E-state index is 0.100. The molecule has 0 spiro atoms. The number of hydrogen-bond donors (Lipinski definition) is 0. The molecule has 0 unspecified atom stereocenters. The van der Waals surface area contributed by atoms with Gasteiger partial charge >= 0.3 is 0 Å². The van der Waals surface area contributed by atoms with Gasteiger partial charge in [0.2, 0.25) is 0 Å². The van der Waals surface area contributed by atoms with Crippen LogP contribution in [0.15, 0.2) is 4.99 Å². The maximum absolute atomic E-state index is 4.21. The number of hydrogen-bond acceptors (Lipinski definition) is 2. The number of rotatable bonds is 1. The van der Waals surface area contributed by atoms with E-state index in [-0.39, 0.29) is 5.54 Å². The van der Waals surface area contributed by atoms with Gasteiger partial charge in [0, 0.05) is 0 Å². The summed E-state index contributed by atoms with van der Waals surface area (Å²) in [5.41, 5.74) is 1.98. The van der Waals surface area contributed by atoms with Gasteiger partial charge in [-0.2, -0.15) is 0 Å². The summed E-state index contributed by atoms with van der Waals surface area (Å²) < 4.78 is 0. The molecule has 0 atom stereocenters. The summed E-state index contributed by atoms with van der Waals surface area (Å²) in [6.07, 6.45) is 2.01. The molecule has 0 fully saturated rings. The lowest BCUT2D eigenvalue weighted by atomic mass is 10.1. The van der Waals surface area contributed by atoms with E-state index in [4.69, 9.17) is 0 Å². The SMILES string of the molecule is CSC=NC(C)(C)C. The van der Waals surface area contributed by atoms with Crippen molar-refractivity contribution < 1.29 is 0 Å². The van der Waals surface area contributed by atoms with E-state index in [2.05, 4.69) is 25.8 Å². The maximum Gasteiger partial charge on any atom is 0.0544 e. The smallest absolute Gasteiger partial charge is 0.0544 e. The highest BCUT2D eigenvalue weighted by molar-refractivity contribution is 8.11. The predicted octanol–water partition coefficient (Wildman–Crippen LogP) is 2.18. The van der Waals surface area contributed by atoms with E-state index in [1.54, 1.807) is 11.8 Å². The van der Waals surface area contributed by atoms with Crippen LogP contribution in [-0.4, -0.2) is 17.3 Å². The molecule has 0 saturated carbocycles. The molecule has 0 bridgehead atoms. The summed E-state index contributed by atoms with van der Waals surface area (Å²) in [7, 11) is 0. The summed E-state index contributed by atoms with van der Waals surface area (Å²) in [5, 5.41) is 0. The van der Waals surface area contributed by atoms with E-state index in [0.29, 0.717) is 0 Å². The maximum atomic E-state index is 4.21. The lowest BCUT2D eigenvalue weighted by Crippen LogP contribution is -2.08. The molecule has 0 aliphatic carbocycles. The van der Waals surface area contributed by atoms with Crippen LogP contribution in [0.5, 0.6) is 0 Å². The molecule has 0 aliphatic rings. The lowest BCUT2D eigenvalue weighted by Gasteiger charge is -2.09. The molecular formula is C6H13NS. The average Bonchev–Trinajstić information content (AvgIpc) is 1.59. The van der Waals surface area contributed by atoms with E-state index in [1.165, 1.54) is 0 Å². The molecular weight excluding hydrogens is 118 g/mol. The van der Waals surface area contributed by atoms with Crippen molar-refractivity contribution in [3.63, 3.8) is 0 Å². The fraction of sp³-hybridized carbons (Fsp3) is 0.833.